The molecule has 1 heterocycles. The van der Waals surface area contributed by atoms with Gasteiger partial charge in [0.15, 0.2) is 0 Å². The minimum absolute atomic E-state index is 0.584. The van der Waals surface area contributed by atoms with E-state index in [2.05, 4.69) is 15.3 Å². The lowest BCUT2D eigenvalue weighted by Gasteiger charge is -2.06. The average Bonchev–Trinajstić information content (AvgIpc) is 2.77. The molecular formula is C12H12F3N3. The van der Waals surface area contributed by atoms with Crippen LogP contribution < -0.4 is 5.32 Å². The van der Waals surface area contributed by atoms with Gasteiger partial charge in [-0.05, 0) is 24.7 Å². The van der Waals surface area contributed by atoms with Crippen LogP contribution in [0.5, 0.6) is 0 Å². The minimum atomic E-state index is -4.30. The van der Waals surface area contributed by atoms with Gasteiger partial charge in [0.25, 0.3) is 0 Å². The molecule has 3 nitrogen and oxygen atoms in total. The lowest BCUT2D eigenvalue weighted by atomic mass is 10.1. The molecule has 0 saturated heterocycles. The molecule has 18 heavy (non-hydrogen) atoms. The predicted octanol–water partition coefficient (Wildman–Crippen LogP) is 2.81. The van der Waals surface area contributed by atoms with Crippen molar-refractivity contribution in [2.75, 3.05) is 7.05 Å². The Balaban J connectivity index is 2.23. The molecule has 2 N–H and O–H groups in total. The van der Waals surface area contributed by atoms with E-state index in [4.69, 9.17) is 0 Å². The highest BCUT2D eigenvalue weighted by atomic mass is 19.4. The molecule has 0 bridgehead atoms. The number of alkyl halides is 3. The molecule has 0 spiro atoms. The standard InChI is InChI=1S/C12H12F3N3/c1-16-7-11-17-6-10(18-11)8-2-4-9(5-3-8)12(13,14)15/h2-6,16H,7H2,1H3,(H,17,18). The van der Waals surface area contributed by atoms with Crippen molar-refractivity contribution in [3.63, 3.8) is 0 Å². The molecule has 0 saturated carbocycles. The monoisotopic (exact) mass is 255 g/mol. The van der Waals surface area contributed by atoms with Crippen molar-refractivity contribution in [3.8, 4) is 11.3 Å². The zero-order valence-corrected chi connectivity index (χ0v) is 9.67. The second kappa shape index (κ2) is 4.81. The fraction of sp³-hybridized carbons (Fsp3) is 0.250. The van der Waals surface area contributed by atoms with Gasteiger partial charge in [-0.25, -0.2) is 4.98 Å². The van der Waals surface area contributed by atoms with Gasteiger partial charge in [0, 0.05) is 0 Å². The third-order valence-electron chi connectivity index (χ3n) is 2.50. The Hall–Kier alpha value is -1.82. The van der Waals surface area contributed by atoms with Gasteiger partial charge in [0.05, 0.1) is 24.0 Å². The van der Waals surface area contributed by atoms with Crippen LogP contribution in [0.2, 0.25) is 0 Å². The summed E-state index contributed by atoms with van der Waals surface area (Å²) in [4.78, 5) is 7.15. The number of aromatic amines is 1. The molecule has 0 unspecified atom stereocenters. The number of nitrogens with zero attached hydrogens (tertiary/aromatic N) is 1. The SMILES string of the molecule is CNCc1ncc(-c2ccc(C(F)(F)F)cc2)[nH]1. The molecule has 0 fully saturated rings. The first-order valence-corrected chi connectivity index (χ1v) is 5.37. The molecule has 0 aliphatic heterocycles. The number of benzene rings is 1. The second-order valence-electron chi connectivity index (χ2n) is 3.85. The first-order valence-electron chi connectivity index (χ1n) is 5.37. The third kappa shape index (κ3) is 2.70. The maximum Gasteiger partial charge on any atom is 0.416 e. The third-order valence-corrected chi connectivity index (χ3v) is 2.50. The predicted molar refractivity (Wildman–Crippen MR) is 61.8 cm³/mol. The summed E-state index contributed by atoms with van der Waals surface area (Å²) >= 11 is 0. The molecule has 1 aromatic carbocycles. The first kappa shape index (κ1) is 12.6. The molecule has 96 valence electrons. The number of aromatic nitrogens is 2. The maximum atomic E-state index is 12.4. The lowest BCUT2D eigenvalue weighted by Crippen LogP contribution is -2.06. The van der Waals surface area contributed by atoms with E-state index in [9.17, 15) is 13.2 Å². The smallest absolute Gasteiger partial charge is 0.341 e. The van der Waals surface area contributed by atoms with Crippen molar-refractivity contribution >= 4 is 0 Å². The largest absolute Gasteiger partial charge is 0.416 e. The van der Waals surface area contributed by atoms with Crippen molar-refractivity contribution in [2.45, 2.75) is 12.7 Å². The summed E-state index contributed by atoms with van der Waals surface area (Å²) in [5.74, 6) is 0.743. The summed E-state index contributed by atoms with van der Waals surface area (Å²) in [6.45, 7) is 0.584. The van der Waals surface area contributed by atoms with Gasteiger partial charge < -0.3 is 10.3 Å². The van der Waals surface area contributed by atoms with E-state index in [0.717, 1.165) is 18.0 Å². The zero-order valence-electron chi connectivity index (χ0n) is 9.67. The fourth-order valence-electron chi connectivity index (χ4n) is 1.61. The molecule has 0 radical (unpaired) electrons. The highest BCUT2D eigenvalue weighted by Gasteiger charge is 2.29. The number of hydrogen-bond donors (Lipinski definition) is 2. The van der Waals surface area contributed by atoms with Crippen LogP contribution >= 0.6 is 0 Å². The van der Waals surface area contributed by atoms with E-state index >= 15 is 0 Å². The van der Waals surface area contributed by atoms with Gasteiger partial charge >= 0.3 is 6.18 Å². The summed E-state index contributed by atoms with van der Waals surface area (Å²) in [5, 5.41) is 2.94. The Bertz CT molecular complexity index is 514. The Morgan fingerprint density at radius 2 is 1.89 bits per heavy atom. The summed E-state index contributed by atoms with van der Waals surface area (Å²) in [6.07, 6.45) is -2.70. The molecule has 2 aromatic rings. The van der Waals surface area contributed by atoms with Crippen LogP contribution in [0.1, 0.15) is 11.4 Å². The van der Waals surface area contributed by atoms with Gasteiger partial charge in [-0.15, -0.1) is 0 Å². The van der Waals surface area contributed by atoms with Crippen molar-refractivity contribution in [2.24, 2.45) is 0 Å². The van der Waals surface area contributed by atoms with Crippen molar-refractivity contribution in [1.29, 1.82) is 0 Å². The van der Waals surface area contributed by atoms with Crippen LogP contribution in [0.4, 0.5) is 13.2 Å². The molecule has 0 atom stereocenters. The van der Waals surface area contributed by atoms with Crippen LogP contribution in [0.3, 0.4) is 0 Å². The number of hydrogen-bond acceptors (Lipinski definition) is 2. The summed E-state index contributed by atoms with van der Waals surface area (Å²) in [6, 6.07) is 4.99. The van der Waals surface area contributed by atoms with E-state index in [0.29, 0.717) is 17.8 Å². The van der Waals surface area contributed by atoms with E-state index in [1.165, 1.54) is 12.1 Å². The minimum Gasteiger partial charge on any atom is -0.341 e. The number of H-pyrrole nitrogens is 1. The van der Waals surface area contributed by atoms with Gasteiger partial charge in [0.1, 0.15) is 5.82 Å². The molecule has 0 aliphatic rings. The molecule has 6 heteroatoms. The molecular weight excluding hydrogens is 243 g/mol. The van der Waals surface area contributed by atoms with Gasteiger partial charge in [-0.2, -0.15) is 13.2 Å². The highest BCUT2D eigenvalue weighted by Crippen LogP contribution is 2.30. The van der Waals surface area contributed by atoms with Gasteiger partial charge in [-0.3, -0.25) is 0 Å². The Morgan fingerprint density at radius 1 is 1.22 bits per heavy atom. The zero-order chi connectivity index (χ0) is 13.2. The van der Waals surface area contributed by atoms with Crippen molar-refractivity contribution in [1.82, 2.24) is 15.3 Å². The number of rotatable bonds is 3. The average molecular weight is 255 g/mol. The maximum absolute atomic E-state index is 12.4. The van der Waals surface area contributed by atoms with E-state index < -0.39 is 11.7 Å². The van der Waals surface area contributed by atoms with Crippen LogP contribution in [0, 0.1) is 0 Å². The summed E-state index contributed by atoms with van der Waals surface area (Å²) in [5.41, 5.74) is 0.730. The summed E-state index contributed by atoms with van der Waals surface area (Å²) < 4.78 is 37.2. The van der Waals surface area contributed by atoms with Crippen LogP contribution in [-0.2, 0) is 12.7 Å². The number of halogens is 3. The molecule has 0 amide bonds. The molecule has 0 aliphatic carbocycles. The Morgan fingerprint density at radius 3 is 2.44 bits per heavy atom. The topological polar surface area (TPSA) is 40.7 Å². The molecule has 1 aromatic heterocycles. The van der Waals surface area contributed by atoms with Crippen LogP contribution in [0.25, 0.3) is 11.3 Å². The van der Waals surface area contributed by atoms with E-state index in [1.54, 1.807) is 13.2 Å². The Labute approximate surface area is 102 Å². The molecule has 2 rings (SSSR count). The van der Waals surface area contributed by atoms with Crippen molar-refractivity contribution < 1.29 is 13.2 Å². The van der Waals surface area contributed by atoms with Gasteiger partial charge in [0.2, 0.25) is 0 Å². The van der Waals surface area contributed by atoms with E-state index in [1.807, 2.05) is 0 Å². The lowest BCUT2D eigenvalue weighted by molar-refractivity contribution is -0.137. The second-order valence-corrected chi connectivity index (χ2v) is 3.85. The summed E-state index contributed by atoms with van der Waals surface area (Å²) in [7, 11) is 1.79. The first-order chi connectivity index (χ1) is 8.50. The quantitative estimate of drug-likeness (QED) is 0.885. The normalized spacial score (nSPS) is 11.8. The Kier molecular flexibility index (Phi) is 3.38. The fourth-order valence-corrected chi connectivity index (χ4v) is 1.61. The van der Waals surface area contributed by atoms with Crippen LogP contribution in [0.15, 0.2) is 30.5 Å². The van der Waals surface area contributed by atoms with Crippen molar-refractivity contribution in [3.05, 3.63) is 41.9 Å². The number of nitrogens with one attached hydrogen (secondary N) is 2. The van der Waals surface area contributed by atoms with Gasteiger partial charge in [-0.1, -0.05) is 12.1 Å². The highest BCUT2D eigenvalue weighted by molar-refractivity contribution is 5.58. The van der Waals surface area contributed by atoms with E-state index in [-0.39, 0.29) is 0 Å². The van der Waals surface area contributed by atoms with Crippen LogP contribution in [-0.4, -0.2) is 17.0 Å². The number of imidazole rings is 1.